The first kappa shape index (κ1) is 23.9. The minimum absolute atomic E-state index is 0.0272. The number of likely N-dealkylation sites (N-methyl/N-ethyl adjacent to an activating group) is 1. The summed E-state index contributed by atoms with van der Waals surface area (Å²) in [5, 5.41) is 3.64. The van der Waals surface area contributed by atoms with Crippen molar-refractivity contribution in [3.63, 3.8) is 0 Å². The van der Waals surface area contributed by atoms with Crippen molar-refractivity contribution in [2.75, 3.05) is 26.8 Å². The largest absolute Gasteiger partial charge is 0.381 e. The summed E-state index contributed by atoms with van der Waals surface area (Å²) >= 11 is 0. The van der Waals surface area contributed by atoms with Crippen LogP contribution in [0.3, 0.4) is 0 Å². The van der Waals surface area contributed by atoms with Crippen LogP contribution in [0.5, 0.6) is 0 Å². The number of carbonyl (C=O) groups is 1. The molecular weight excluding hydrogens is 410 g/mol. The minimum atomic E-state index is 0.0272. The van der Waals surface area contributed by atoms with Crippen LogP contribution in [0, 0.1) is 5.92 Å². The van der Waals surface area contributed by atoms with E-state index in [1.54, 1.807) is 0 Å². The number of pyridine rings is 1. The summed E-state index contributed by atoms with van der Waals surface area (Å²) in [5.41, 5.74) is 5.93. The topological polar surface area (TPSA) is 54.5 Å². The second-order valence-electron chi connectivity index (χ2n) is 9.76. The Balaban J connectivity index is 1.30. The lowest BCUT2D eigenvalue weighted by molar-refractivity contribution is 0.0662. The van der Waals surface area contributed by atoms with Crippen molar-refractivity contribution in [2.45, 2.75) is 70.9 Å². The number of amides is 1. The Bertz CT molecular complexity index is 906. The van der Waals surface area contributed by atoms with Gasteiger partial charge in [-0.15, -0.1) is 0 Å². The molecule has 1 aromatic heterocycles. The predicted molar refractivity (Wildman–Crippen MR) is 132 cm³/mol. The molecule has 1 amide bonds. The van der Waals surface area contributed by atoms with E-state index in [1.807, 2.05) is 24.2 Å². The van der Waals surface area contributed by atoms with Crippen LogP contribution in [0.2, 0.25) is 0 Å². The van der Waals surface area contributed by atoms with Gasteiger partial charge in [0.2, 0.25) is 0 Å². The van der Waals surface area contributed by atoms with E-state index >= 15 is 0 Å². The van der Waals surface area contributed by atoms with Gasteiger partial charge >= 0.3 is 0 Å². The maximum absolute atomic E-state index is 13.0. The van der Waals surface area contributed by atoms with Gasteiger partial charge in [-0.3, -0.25) is 9.78 Å². The second-order valence-corrected chi connectivity index (χ2v) is 9.76. The summed E-state index contributed by atoms with van der Waals surface area (Å²) < 4.78 is 5.45. The zero-order valence-corrected chi connectivity index (χ0v) is 20.3. The summed E-state index contributed by atoms with van der Waals surface area (Å²) in [6.07, 6.45) is 10.5. The van der Waals surface area contributed by atoms with E-state index in [0.717, 1.165) is 64.3 Å². The number of aryl methyl sites for hydroxylation is 2. The van der Waals surface area contributed by atoms with Gasteiger partial charge in [0.15, 0.2) is 0 Å². The van der Waals surface area contributed by atoms with Crippen molar-refractivity contribution in [2.24, 2.45) is 5.92 Å². The van der Waals surface area contributed by atoms with E-state index in [1.165, 1.54) is 41.5 Å². The zero-order valence-electron chi connectivity index (χ0n) is 20.3. The normalized spacial score (nSPS) is 18.7. The number of aromatic nitrogens is 1. The van der Waals surface area contributed by atoms with Crippen molar-refractivity contribution in [3.05, 3.63) is 64.5 Å². The molecule has 1 aliphatic carbocycles. The molecule has 1 aliphatic heterocycles. The van der Waals surface area contributed by atoms with Crippen molar-refractivity contribution >= 4 is 5.91 Å². The summed E-state index contributed by atoms with van der Waals surface area (Å²) in [7, 11) is 1.93. The fourth-order valence-corrected chi connectivity index (χ4v) is 5.03. The van der Waals surface area contributed by atoms with Gasteiger partial charge in [-0.2, -0.15) is 0 Å². The molecule has 2 heterocycles. The third-order valence-electron chi connectivity index (χ3n) is 7.31. The summed E-state index contributed by atoms with van der Waals surface area (Å²) in [4.78, 5) is 19.4. The number of carbonyl (C=O) groups excluding carboxylic acids is 1. The van der Waals surface area contributed by atoms with E-state index in [4.69, 9.17) is 4.74 Å². The van der Waals surface area contributed by atoms with Crippen LogP contribution in [0.15, 0.2) is 36.5 Å². The van der Waals surface area contributed by atoms with E-state index in [9.17, 15) is 4.79 Å². The minimum Gasteiger partial charge on any atom is -0.381 e. The van der Waals surface area contributed by atoms with E-state index < -0.39 is 0 Å². The fraction of sp³-hybridized carbons (Fsp3) is 0.571. The molecular formula is C28H39N3O2. The molecule has 0 saturated carbocycles. The van der Waals surface area contributed by atoms with Gasteiger partial charge in [-0.25, -0.2) is 0 Å². The molecule has 178 valence electrons. The highest BCUT2D eigenvalue weighted by Gasteiger charge is 2.26. The zero-order chi connectivity index (χ0) is 23.0. The number of unbranched alkanes of at least 4 members (excludes halogenated alkanes) is 1. The summed E-state index contributed by atoms with van der Waals surface area (Å²) in [6.45, 7) is 6.00. The van der Waals surface area contributed by atoms with Gasteiger partial charge < -0.3 is 15.0 Å². The van der Waals surface area contributed by atoms with Crippen LogP contribution in [0.1, 0.15) is 71.8 Å². The average Bonchev–Trinajstić information content (AvgIpc) is 2.87. The molecule has 0 radical (unpaired) electrons. The number of benzene rings is 1. The van der Waals surface area contributed by atoms with Gasteiger partial charge in [0.05, 0.1) is 0 Å². The molecule has 1 atom stereocenters. The van der Waals surface area contributed by atoms with E-state index in [0.29, 0.717) is 5.69 Å². The van der Waals surface area contributed by atoms with Crippen LogP contribution in [-0.4, -0.2) is 48.6 Å². The Hall–Kier alpha value is -2.24. The Labute approximate surface area is 198 Å². The highest BCUT2D eigenvalue weighted by Crippen LogP contribution is 2.26. The van der Waals surface area contributed by atoms with Crippen molar-refractivity contribution in [1.82, 2.24) is 15.2 Å². The first-order valence-electron chi connectivity index (χ1n) is 12.7. The van der Waals surface area contributed by atoms with Gasteiger partial charge in [0.1, 0.15) is 5.69 Å². The molecule has 2 aliphatic rings. The number of ether oxygens (including phenoxy) is 1. The van der Waals surface area contributed by atoms with Gasteiger partial charge in [-0.1, -0.05) is 37.6 Å². The molecule has 1 fully saturated rings. The molecule has 0 unspecified atom stereocenters. The number of nitrogens with zero attached hydrogens (tertiary/aromatic N) is 2. The Kier molecular flexibility index (Phi) is 8.51. The predicted octanol–water partition coefficient (Wildman–Crippen LogP) is 4.57. The molecule has 1 aromatic carbocycles. The molecule has 5 heteroatoms. The van der Waals surface area contributed by atoms with Gasteiger partial charge in [0.25, 0.3) is 5.91 Å². The number of rotatable bonds is 9. The molecule has 1 N–H and O–H groups in total. The third-order valence-corrected chi connectivity index (χ3v) is 7.31. The fourth-order valence-electron chi connectivity index (χ4n) is 5.03. The van der Waals surface area contributed by atoms with Crippen LogP contribution < -0.4 is 5.32 Å². The maximum atomic E-state index is 13.0. The van der Waals surface area contributed by atoms with E-state index in [-0.39, 0.29) is 11.9 Å². The molecule has 0 bridgehead atoms. The van der Waals surface area contributed by atoms with Gasteiger partial charge in [0, 0.05) is 39.0 Å². The van der Waals surface area contributed by atoms with Crippen LogP contribution in [-0.2, 0) is 30.5 Å². The Morgan fingerprint density at radius 2 is 1.94 bits per heavy atom. The number of fused-ring (bicyclic) bond motifs is 1. The van der Waals surface area contributed by atoms with E-state index in [2.05, 4.69) is 41.5 Å². The second kappa shape index (κ2) is 11.8. The SMILES string of the molecule is CCCCc1ccc(C(=O)N(C)[C@H]2CCc3cc(CNCC4CCOCC4)ccc3C2)nc1. The first-order valence-corrected chi connectivity index (χ1v) is 12.7. The first-order chi connectivity index (χ1) is 16.1. The summed E-state index contributed by atoms with van der Waals surface area (Å²) in [6, 6.07) is 11.0. The highest BCUT2D eigenvalue weighted by molar-refractivity contribution is 5.92. The monoisotopic (exact) mass is 449 g/mol. The Morgan fingerprint density at radius 3 is 2.70 bits per heavy atom. The highest BCUT2D eigenvalue weighted by atomic mass is 16.5. The lowest BCUT2D eigenvalue weighted by Crippen LogP contribution is -2.41. The molecule has 0 spiro atoms. The lowest BCUT2D eigenvalue weighted by Gasteiger charge is -2.32. The van der Waals surface area contributed by atoms with Gasteiger partial charge in [-0.05, 0) is 85.7 Å². The number of nitrogens with one attached hydrogen (secondary N) is 1. The molecule has 1 saturated heterocycles. The maximum Gasteiger partial charge on any atom is 0.272 e. The van der Waals surface area contributed by atoms with Crippen LogP contribution >= 0.6 is 0 Å². The quantitative estimate of drug-likeness (QED) is 0.609. The molecule has 5 nitrogen and oxygen atoms in total. The molecule has 4 rings (SSSR count). The van der Waals surface area contributed by atoms with Crippen LogP contribution in [0.25, 0.3) is 0 Å². The molecule has 33 heavy (non-hydrogen) atoms. The summed E-state index contributed by atoms with van der Waals surface area (Å²) in [5.74, 6) is 0.770. The Morgan fingerprint density at radius 1 is 1.12 bits per heavy atom. The number of hydrogen-bond donors (Lipinski definition) is 1. The average molecular weight is 450 g/mol. The molecule has 2 aromatic rings. The lowest BCUT2D eigenvalue weighted by atomic mass is 9.86. The van der Waals surface area contributed by atoms with Crippen molar-refractivity contribution in [1.29, 1.82) is 0 Å². The van der Waals surface area contributed by atoms with Crippen molar-refractivity contribution < 1.29 is 9.53 Å². The number of hydrogen-bond acceptors (Lipinski definition) is 4. The standard InChI is InChI=1S/C28H39N3O2/c1-3-4-5-21-7-11-27(30-20-21)28(32)31(2)26-10-9-24-16-23(6-8-25(24)17-26)19-29-18-22-12-14-33-15-13-22/h6-8,11,16,20,22,26,29H,3-5,9-10,12-15,17-19H2,1-2H3/t26-/m0/s1. The van der Waals surface area contributed by atoms with Crippen LogP contribution in [0.4, 0.5) is 0 Å². The third kappa shape index (κ3) is 6.42. The smallest absolute Gasteiger partial charge is 0.272 e. The van der Waals surface area contributed by atoms with Crippen molar-refractivity contribution in [3.8, 4) is 0 Å².